The summed E-state index contributed by atoms with van der Waals surface area (Å²) in [5.41, 5.74) is 3.46. The van der Waals surface area contributed by atoms with Crippen LogP contribution in [0.1, 0.15) is 18.8 Å². The summed E-state index contributed by atoms with van der Waals surface area (Å²) in [6.07, 6.45) is 3.03. The number of nitrogens with zero attached hydrogens (tertiary/aromatic N) is 5. The van der Waals surface area contributed by atoms with Gasteiger partial charge in [0, 0.05) is 12.1 Å². The molecule has 0 saturated heterocycles. The summed E-state index contributed by atoms with van der Waals surface area (Å²) >= 11 is 0. The molecule has 0 unspecified atom stereocenters. The minimum absolute atomic E-state index is 0.256. The van der Waals surface area contributed by atoms with E-state index >= 15 is 0 Å². The summed E-state index contributed by atoms with van der Waals surface area (Å²) < 4.78 is 21.4. The number of fused-ring (bicyclic) bond motifs is 2. The van der Waals surface area contributed by atoms with E-state index in [1.165, 1.54) is 18.5 Å². The van der Waals surface area contributed by atoms with Crippen molar-refractivity contribution in [2.75, 3.05) is 12.4 Å². The molecule has 30 heavy (non-hydrogen) atoms. The Morgan fingerprint density at radius 1 is 1.13 bits per heavy atom. The van der Waals surface area contributed by atoms with Crippen LogP contribution >= 0.6 is 0 Å². The van der Waals surface area contributed by atoms with E-state index in [4.69, 9.17) is 9.72 Å². The van der Waals surface area contributed by atoms with Gasteiger partial charge < -0.3 is 15.0 Å². The summed E-state index contributed by atoms with van der Waals surface area (Å²) in [5.74, 6) is 1.69. The first kappa shape index (κ1) is 18.0. The number of hydrogen-bond donors (Lipinski definition) is 2. The molecule has 3 heterocycles. The second-order valence-corrected chi connectivity index (χ2v) is 6.83. The minimum Gasteiger partial charge on any atom is -0.497 e. The Hall–Kier alpha value is -4.01. The van der Waals surface area contributed by atoms with Crippen molar-refractivity contribution in [3.63, 3.8) is 0 Å². The molecule has 9 heteroatoms. The van der Waals surface area contributed by atoms with Gasteiger partial charge in [-0.25, -0.2) is 24.3 Å². The maximum atomic E-state index is 14.1. The normalized spacial score (nSPS) is 12.4. The molecule has 0 spiro atoms. The van der Waals surface area contributed by atoms with E-state index in [9.17, 15) is 4.39 Å². The average Bonchev–Trinajstić information content (AvgIpc) is 3.39. The minimum atomic E-state index is -0.325. The van der Waals surface area contributed by atoms with Gasteiger partial charge in [0.1, 0.15) is 29.2 Å². The zero-order valence-electron chi connectivity index (χ0n) is 16.3. The van der Waals surface area contributed by atoms with Crippen molar-refractivity contribution in [3.05, 3.63) is 66.8 Å². The van der Waals surface area contributed by atoms with Crippen molar-refractivity contribution < 1.29 is 9.13 Å². The molecule has 0 bridgehead atoms. The Kier molecular flexibility index (Phi) is 4.27. The van der Waals surface area contributed by atoms with Crippen LogP contribution in [0, 0.1) is 5.82 Å². The molecule has 2 N–H and O–H groups in total. The molecule has 0 aliphatic heterocycles. The topological polar surface area (TPSA) is 93.5 Å². The molecular formula is C21H18FN7O. The highest BCUT2D eigenvalue weighted by Crippen LogP contribution is 2.30. The SMILES string of the molecule is COc1cccc(-n2c([C@H](C)Nc3ncnc4nc[nH]c34)nc3ccc(F)cc32)c1. The van der Waals surface area contributed by atoms with Gasteiger partial charge in [-0.05, 0) is 31.2 Å². The molecule has 0 radical (unpaired) electrons. The predicted molar refractivity (Wildman–Crippen MR) is 111 cm³/mol. The van der Waals surface area contributed by atoms with Gasteiger partial charge in [0.2, 0.25) is 0 Å². The van der Waals surface area contributed by atoms with Crippen molar-refractivity contribution in [1.29, 1.82) is 0 Å². The number of benzene rings is 2. The number of nitrogens with one attached hydrogen (secondary N) is 2. The lowest BCUT2D eigenvalue weighted by Gasteiger charge is -2.17. The fourth-order valence-corrected chi connectivity index (χ4v) is 3.52. The molecular weight excluding hydrogens is 385 g/mol. The number of H-pyrrole nitrogens is 1. The van der Waals surface area contributed by atoms with Crippen molar-refractivity contribution in [3.8, 4) is 11.4 Å². The molecule has 5 aromatic rings. The van der Waals surface area contributed by atoms with Gasteiger partial charge in [0.15, 0.2) is 11.5 Å². The summed E-state index contributed by atoms with van der Waals surface area (Å²) in [7, 11) is 1.61. The van der Waals surface area contributed by atoms with Crippen LogP contribution in [0.5, 0.6) is 5.75 Å². The van der Waals surface area contributed by atoms with E-state index in [-0.39, 0.29) is 11.9 Å². The number of aromatic amines is 1. The lowest BCUT2D eigenvalue weighted by atomic mass is 10.2. The third kappa shape index (κ3) is 3.00. The first-order chi connectivity index (χ1) is 14.6. The van der Waals surface area contributed by atoms with Crippen molar-refractivity contribution in [2.45, 2.75) is 13.0 Å². The van der Waals surface area contributed by atoms with E-state index in [2.05, 4.69) is 25.3 Å². The smallest absolute Gasteiger partial charge is 0.182 e. The van der Waals surface area contributed by atoms with Crippen LogP contribution < -0.4 is 10.1 Å². The van der Waals surface area contributed by atoms with E-state index in [0.717, 1.165) is 5.69 Å². The molecule has 150 valence electrons. The molecule has 3 aromatic heterocycles. The molecule has 1 atom stereocenters. The molecule has 0 aliphatic carbocycles. The number of halogens is 1. The quantitative estimate of drug-likeness (QED) is 0.461. The number of imidazole rings is 2. The Morgan fingerprint density at radius 2 is 2.03 bits per heavy atom. The average molecular weight is 403 g/mol. The standard InChI is InChI=1S/C21H18FN7O/c1-12(27-20-18-19(24-10-23-18)25-11-26-20)21-28-16-7-6-13(22)8-17(16)29(21)14-4-3-5-15(9-14)30-2/h3-12H,1-2H3,(H2,23,24,25,26,27)/t12-/m0/s1. The fraction of sp³-hybridized carbons (Fsp3) is 0.143. The Bertz CT molecular complexity index is 1360. The van der Waals surface area contributed by atoms with E-state index in [1.54, 1.807) is 19.5 Å². The highest BCUT2D eigenvalue weighted by Gasteiger charge is 2.20. The van der Waals surface area contributed by atoms with Crippen LogP contribution in [-0.2, 0) is 0 Å². The van der Waals surface area contributed by atoms with Crippen LogP contribution in [0.4, 0.5) is 10.2 Å². The van der Waals surface area contributed by atoms with Gasteiger partial charge >= 0.3 is 0 Å². The summed E-state index contributed by atoms with van der Waals surface area (Å²) in [6, 6.07) is 11.9. The summed E-state index contributed by atoms with van der Waals surface area (Å²) in [6.45, 7) is 1.97. The molecule has 0 saturated carbocycles. The molecule has 0 aliphatic rings. The van der Waals surface area contributed by atoms with Crippen LogP contribution in [0.3, 0.4) is 0 Å². The molecule has 8 nitrogen and oxygen atoms in total. The first-order valence-corrected chi connectivity index (χ1v) is 9.37. The number of anilines is 1. The third-order valence-corrected chi connectivity index (χ3v) is 4.92. The number of rotatable bonds is 5. The second kappa shape index (κ2) is 7.11. The summed E-state index contributed by atoms with van der Waals surface area (Å²) in [4.78, 5) is 20.5. The van der Waals surface area contributed by atoms with Gasteiger partial charge in [0.05, 0.1) is 36.2 Å². The predicted octanol–water partition coefficient (Wildman–Crippen LogP) is 4.01. The maximum Gasteiger partial charge on any atom is 0.182 e. The van der Waals surface area contributed by atoms with Crippen LogP contribution in [0.25, 0.3) is 27.9 Å². The van der Waals surface area contributed by atoms with Gasteiger partial charge in [-0.2, -0.15) is 0 Å². The van der Waals surface area contributed by atoms with Gasteiger partial charge in [-0.1, -0.05) is 6.07 Å². The summed E-state index contributed by atoms with van der Waals surface area (Å²) in [5, 5.41) is 3.37. The maximum absolute atomic E-state index is 14.1. The van der Waals surface area contributed by atoms with Crippen LogP contribution in [0.2, 0.25) is 0 Å². The lowest BCUT2D eigenvalue weighted by Crippen LogP contribution is -2.14. The highest BCUT2D eigenvalue weighted by atomic mass is 19.1. The van der Waals surface area contributed by atoms with Gasteiger partial charge in [0.25, 0.3) is 0 Å². The Labute approximate surface area is 170 Å². The third-order valence-electron chi connectivity index (χ3n) is 4.92. The van der Waals surface area contributed by atoms with Crippen LogP contribution in [0.15, 0.2) is 55.1 Å². The number of hydrogen-bond acceptors (Lipinski definition) is 6. The zero-order valence-corrected chi connectivity index (χ0v) is 16.3. The zero-order chi connectivity index (χ0) is 20.7. The Balaban J connectivity index is 1.65. The molecule has 0 amide bonds. The number of aromatic nitrogens is 6. The molecule has 2 aromatic carbocycles. The lowest BCUT2D eigenvalue weighted by molar-refractivity contribution is 0.414. The van der Waals surface area contributed by atoms with Crippen molar-refractivity contribution in [1.82, 2.24) is 29.5 Å². The highest BCUT2D eigenvalue weighted by molar-refractivity contribution is 5.82. The van der Waals surface area contributed by atoms with E-state index in [1.807, 2.05) is 35.8 Å². The number of methoxy groups -OCH3 is 1. The van der Waals surface area contributed by atoms with Crippen molar-refractivity contribution >= 4 is 28.0 Å². The molecule has 5 rings (SSSR count). The second-order valence-electron chi connectivity index (χ2n) is 6.83. The van der Waals surface area contributed by atoms with E-state index < -0.39 is 0 Å². The van der Waals surface area contributed by atoms with Crippen molar-refractivity contribution in [2.24, 2.45) is 0 Å². The largest absolute Gasteiger partial charge is 0.497 e. The van der Waals surface area contributed by atoms with Gasteiger partial charge in [-0.3, -0.25) is 4.57 Å². The first-order valence-electron chi connectivity index (χ1n) is 9.37. The van der Waals surface area contributed by atoms with Crippen LogP contribution in [-0.4, -0.2) is 36.6 Å². The van der Waals surface area contributed by atoms with E-state index in [0.29, 0.717) is 39.6 Å². The fourth-order valence-electron chi connectivity index (χ4n) is 3.52. The monoisotopic (exact) mass is 403 g/mol. The van der Waals surface area contributed by atoms with Gasteiger partial charge in [-0.15, -0.1) is 0 Å². The Morgan fingerprint density at radius 3 is 2.90 bits per heavy atom. The number of ether oxygens (including phenoxy) is 1. The molecule has 0 fully saturated rings.